The molecule has 0 heterocycles. The highest BCUT2D eigenvalue weighted by Crippen LogP contribution is 2.52. The molecule has 36 heavy (non-hydrogen) atoms. The second-order valence-electron chi connectivity index (χ2n) is 8.08. The van der Waals surface area contributed by atoms with Crippen LogP contribution in [0.25, 0.3) is 11.1 Å². The summed E-state index contributed by atoms with van der Waals surface area (Å²) in [5, 5.41) is 5.72. The van der Waals surface area contributed by atoms with E-state index in [1.54, 1.807) is 19.1 Å². The Kier molecular flexibility index (Phi) is 8.63. The lowest BCUT2D eigenvalue weighted by Gasteiger charge is -2.23. The van der Waals surface area contributed by atoms with Gasteiger partial charge < -0.3 is 34.3 Å². The molecule has 10 nitrogen and oxygen atoms in total. The third kappa shape index (κ3) is 5.17. The summed E-state index contributed by atoms with van der Waals surface area (Å²) in [6.07, 6.45) is 0.400. The zero-order chi connectivity index (χ0) is 26.4. The molecule has 1 aliphatic carbocycles. The van der Waals surface area contributed by atoms with Gasteiger partial charge in [-0.3, -0.25) is 9.59 Å². The summed E-state index contributed by atoms with van der Waals surface area (Å²) >= 11 is 0. The lowest BCUT2D eigenvalue weighted by Crippen LogP contribution is -2.27. The summed E-state index contributed by atoms with van der Waals surface area (Å²) in [5.41, 5.74) is 3.14. The molecule has 3 rings (SSSR count). The maximum Gasteiger partial charge on any atom is 0.407 e. The zero-order valence-corrected chi connectivity index (χ0v) is 21.4. The third-order valence-electron chi connectivity index (χ3n) is 6.04. The Hall–Kier alpha value is -3.95. The minimum absolute atomic E-state index is 0.0971. The molecule has 0 spiro atoms. The molecule has 0 saturated carbocycles. The standard InChI is InChI=1S/C26H32N2O8/c1-7-36-26(31)27-13-18-16-8-10-19(28-14(2)29)17-12-20(30)21(32-3)11-9-15(17)22(16)24(34-5)25(35-6)23(18)33-4/h9,11-12,19H,7-8,10,13H2,1-6H3,(H,27,31)(H,28,29)/t19-/m0/s1. The molecular weight excluding hydrogens is 468 g/mol. The van der Waals surface area contributed by atoms with Gasteiger partial charge in [-0.1, -0.05) is 6.07 Å². The largest absolute Gasteiger partial charge is 0.493 e. The third-order valence-corrected chi connectivity index (χ3v) is 6.04. The Balaban J connectivity index is 2.41. The Morgan fingerprint density at radius 2 is 1.69 bits per heavy atom. The van der Waals surface area contributed by atoms with Gasteiger partial charge in [0.1, 0.15) is 0 Å². The van der Waals surface area contributed by atoms with Gasteiger partial charge >= 0.3 is 6.09 Å². The average Bonchev–Trinajstić information content (AvgIpc) is 3.10. The Bertz CT molecular complexity index is 1210. The van der Waals surface area contributed by atoms with Gasteiger partial charge in [-0.25, -0.2) is 4.79 Å². The van der Waals surface area contributed by atoms with Crippen molar-refractivity contribution < 1.29 is 33.3 Å². The topological polar surface area (TPSA) is 121 Å². The van der Waals surface area contributed by atoms with E-state index in [-0.39, 0.29) is 30.2 Å². The van der Waals surface area contributed by atoms with Crippen molar-refractivity contribution in [3.63, 3.8) is 0 Å². The van der Waals surface area contributed by atoms with Crippen LogP contribution in [0.1, 0.15) is 43.0 Å². The molecule has 0 aliphatic heterocycles. The Morgan fingerprint density at radius 1 is 1.00 bits per heavy atom. The molecule has 0 fully saturated rings. The van der Waals surface area contributed by atoms with Crippen LogP contribution >= 0.6 is 0 Å². The molecule has 194 valence electrons. The van der Waals surface area contributed by atoms with Crippen molar-refractivity contribution in [2.75, 3.05) is 35.0 Å². The minimum atomic E-state index is -0.569. The van der Waals surface area contributed by atoms with Crippen LogP contribution in [-0.4, -0.2) is 47.0 Å². The SMILES string of the molecule is CCOC(=O)NCc1c2c(c(OC)c(OC)c1OC)-c1ccc(OC)c(=O)cc1[C@@H](NC(C)=O)CC2. The highest BCUT2D eigenvalue weighted by Gasteiger charge is 2.32. The number of benzene rings is 1. The van der Waals surface area contributed by atoms with Gasteiger partial charge in [0.25, 0.3) is 0 Å². The van der Waals surface area contributed by atoms with Gasteiger partial charge in [0.15, 0.2) is 17.2 Å². The smallest absolute Gasteiger partial charge is 0.407 e. The van der Waals surface area contributed by atoms with E-state index in [1.165, 1.54) is 41.4 Å². The highest BCUT2D eigenvalue weighted by molar-refractivity contribution is 5.85. The predicted molar refractivity (Wildman–Crippen MR) is 133 cm³/mol. The van der Waals surface area contributed by atoms with E-state index in [0.717, 1.165) is 5.56 Å². The number of hydrogen-bond acceptors (Lipinski definition) is 8. The van der Waals surface area contributed by atoms with Crippen molar-refractivity contribution in [3.8, 4) is 34.1 Å². The number of rotatable bonds is 8. The van der Waals surface area contributed by atoms with Crippen molar-refractivity contribution in [2.24, 2.45) is 0 Å². The average molecular weight is 501 g/mol. The fourth-order valence-electron chi connectivity index (χ4n) is 4.62. The first-order valence-corrected chi connectivity index (χ1v) is 11.5. The van der Waals surface area contributed by atoms with Gasteiger partial charge in [-0.05, 0) is 48.6 Å². The highest BCUT2D eigenvalue weighted by atomic mass is 16.5. The maximum absolute atomic E-state index is 12.9. The number of alkyl carbamates (subject to hydrolysis) is 1. The number of carbonyl (C=O) groups excluding carboxylic acids is 2. The summed E-state index contributed by atoms with van der Waals surface area (Å²) in [4.78, 5) is 37.1. The van der Waals surface area contributed by atoms with E-state index >= 15 is 0 Å². The second kappa shape index (κ2) is 11.7. The Labute approximate surface area is 209 Å². The van der Waals surface area contributed by atoms with Crippen LogP contribution in [0.15, 0.2) is 23.0 Å². The molecular formula is C26H32N2O8. The van der Waals surface area contributed by atoms with Crippen molar-refractivity contribution in [3.05, 3.63) is 45.1 Å². The van der Waals surface area contributed by atoms with Crippen LogP contribution < -0.4 is 35.0 Å². The molecule has 1 aliphatic rings. The van der Waals surface area contributed by atoms with Crippen molar-refractivity contribution in [1.29, 1.82) is 0 Å². The van der Waals surface area contributed by atoms with Gasteiger partial charge in [-0.2, -0.15) is 0 Å². The van der Waals surface area contributed by atoms with Crippen molar-refractivity contribution in [2.45, 2.75) is 39.3 Å². The fourth-order valence-corrected chi connectivity index (χ4v) is 4.62. The first kappa shape index (κ1) is 26.7. The van der Waals surface area contributed by atoms with Gasteiger partial charge in [0.2, 0.25) is 17.1 Å². The lowest BCUT2D eigenvalue weighted by molar-refractivity contribution is -0.119. The van der Waals surface area contributed by atoms with Crippen LogP contribution in [0.4, 0.5) is 4.79 Å². The van der Waals surface area contributed by atoms with E-state index in [2.05, 4.69) is 10.6 Å². The van der Waals surface area contributed by atoms with E-state index in [0.29, 0.717) is 52.3 Å². The van der Waals surface area contributed by atoms with Crippen LogP contribution in [0.5, 0.6) is 23.0 Å². The monoisotopic (exact) mass is 500 g/mol. The predicted octanol–water partition coefficient (Wildman–Crippen LogP) is 3.12. The van der Waals surface area contributed by atoms with Crippen molar-refractivity contribution >= 4 is 12.0 Å². The minimum Gasteiger partial charge on any atom is -0.493 e. The summed E-state index contributed by atoms with van der Waals surface area (Å²) in [7, 11) is 5.95. The number of fused-ring (bicyclic) bond motifs is 3. The van der Waals surface area contributed by atoms with Gasteiger partial charge in [0.05, 0.1) is 47.6 Å². The van der Waals surface area contributed by atoms with E-state index in [4.69, 9.17) is 23.7 Å². The molecule has 0 bridgehead atoms. The number of hydrogen-bond donors (Lipinski definition) is 2. The molecule has 2 aromatic rings. The number of amides is 2. The number of nitrogens with one attached hydrogen (secondary N) is 2. The van der Waals surface area contributed by atoms with Gasteiger partial charge in [0, 0.05) is 18.1 Å². The first-order valence-electron chi connectivity index (χ1n) is 11.5. The van der Waals surface area contributed by atoms with Crippen LogP contribution in [0, 0.1) is 0 Å². The molecule has 0 radical (unpaired) electrons. The molecule has 2 aromatic carbocycles. The Morgan fingerprint density at radius 3 is 2.28 bits per heavy atom. The van der Waals surface area contributed by atoms with E-state index in [1.807, 2.05) is 0 Å². The maximum atomic E-state index is 12.9. The first-order chi connectivity index (χ1) is 17.3. The second-order valence-corrected chi connectivity index (χ2v) is 8.08. The zero-order valence-electron chi connectivity index (χ0n) is 21.4. The molecule has 10 heteroatoms. The fraction of sp³-hybridized carbons (Fsp3) is 0.423. The van der Waals surface area contributed by atoms with Crippen molar-refractivity contribution in [1.82, 2.24) is 10.6 Å². The molecule has 0 saturated heterocycles. The number of ether oxygens (including phenoxy) is 5. The summed E-state index contributed by atoms with van der Waals surface area (Å²) < 4.78 is 27.6. The van der Waals surface area contributed by atoms with E-state index < -0.39 is 12.1 Å². The quantitative estimate of drug-likeness (QED) is 0.567. The summed E-state index contributed by atoms with van der Waals surface area (Å²) in [6.45, 7) is 3.48. The van der Waals surface area contributed by atoms with Gasteiger partial charge in [-0.15, -0.1) is 0 Å². The summed E-state index contributed by atoms with van der Waals surface area (Å²) in [6, 6.07) is 4.39. The van der Waals surface area contributed by atoms with Crippen LogP contribution in [0.3, 0.4) is 0 Å². The molecule has 0 aromatic heterocycles. The van der Waals surface area contributed by atoms with E-state index in [9.17, 15) is 14.4 Å². The number of carbonyl (C=O) groups is 2. The number of methoxy groups -OCH3 is 4. The molecule has 2 amide bonds. The summed E-state index contributed by atoms with van der Waals surface area (Å²) in [5.74, 6) is 1.09. The lowest BCUT2D eigenvalue weighted by atomic mass is 9.91. The molecule has 0 unspecified atom stereocenters. The van der Waals surface area contributed by atoms with Crippen LogP contribution in [0.2, 0.25) is 0 Å². The molecule has 1 atom stereocenters. The molecule has 2 N–H and O–H groups in total. The van der Waals surface area contributed by atoms with Crippen LogP contribution in [-0.2, 0) is 22.5 Å². The normalized spacial score (nSPS) is 13.9.